The minimum absolute atomic E-state index is 0.0487. The van der Waals surface area contributed by atoms with E-state index < -0.39 is 6.36 Å². The molecule has 0 N–H and O–H groups in total. The Morgan fingerprint density at radius 3 is 2.39 bits per heavy atom. The quantitative estimate of drug-likeness (QED) is 0.416. The van der Waals surface area contributed by atoms with Crippen LogP contribution in [0.4, 0.5) is 18.0 Å². The topological polar surface area (TPSA) is 87.4 Å². The van der Waals surface area contributed by atoms with Gasteiger partial charge in [-0.05, 0) is 37.0 Å². The Bertz CT molecular complexity index is 983. The van der Waals surface area contributed by atoms with Gasteiger partial charge in [-0.1, -0.05) is 18.7 Å². The van der Waals surface area contributed by atoms with Gasteiger partial charge >= 0.3 is 12.4 Å². The zero-order chi connectivity index (χ0) is 26.3. The highest BCUT2D eigenvalue weighted by Crippen LogP contribution is 2.34. The second kappa shape index (κ2) is 12.1. The molecule has 36 heavy (non-hydrogen) atoms. The van der Waals surface area contributed by atoms with E-state index >= 15 is 0 Å². The van der Waals surface area contributed by atoms with Crippen molar-refractivity contribution >= 4 is 11.9 Å². The van der Waals surface area contributed by atoms with Crippen molar-refractivity contribution < 1.29 is 32.2 Å². The third kappa shape index (κ3) is 7.37. The Kier molecular flexibility index (Phi) is 9.20. The number of amides is 2. The molecule has 1 aromatic carbocycles. The van der Waals surface area contributed by atoms with Gasteiger partial charge in [0.1, 0.15) is 5.75 Å². The molecule has 2 aliphatic rings. The number of hydrogen-bond acceptors (Lipinski definition) is 6. The summed E-state index contributed by atoms with van der Waals surface area (Å²) in [6, 6.07) is 7.85. The Hall–Kier alpha value is -3.26. The molecule has 2 heterocycles. The monoisotopic (exact) mass is 508 g/mol. The minimum atomic E-state index is -4.77. The molecule has 2 saturated heterocycles. The van der Waals surface area contributed by atoms with Crippen molar-refractivity contribution in [3.05, 3.63) is 42.1 Å². The van der Waals surface area contributed by atoms with Crippen LogP contribution < -0.4 is 4.74 Å². The number of nitriles is 1. The molecule has 8 nitrogen and oxygen atoms in total. The fourth-order valence-corrected chi connectivity index (χ4v) is 4.68. The first kappa shape index (κ1) is 27.3. The summed E-state index contributed by atoms with van der Waals surface area (Å²) in [7, 11) is 3.04. The molecule has 1 aromatic rings. The van der Waals surface area contributed by atoms with E-state index in [1.165, 1.54) is 26.4 Å². The van der Waals surface area contributed by atoms with Crippen LogP contribution in [-0.4, -0.2) is 75.1 Å². The summed E-state index contributed by atoms with van der Waals surface area (Å²) in [6.07, 6.45) is -2.93. The van der Waals surface area contributed by atoms with Crippen molar-refractivity contribution in [3.8, 4) is 11.8 Å². The van der Waals surface area contributed by atoms with Crippen LogP contribution in [0.1, 0.15) is 30.7 Å². The number of methoxy groups -OCH3 is 2. The highest BCUT2D eigenvalue weighted by molar-refractivity contribution is 5.82. The van der Waals surface area contributed by atoms with Gasteiger partial charge in [-0.25, -0.2) is 9.79 Å². The number of urea groups is 1. The standard InChI is InChI=1S/C25H31F3N4O4/c1-17(16-34-2)30-23(35-3)21-12-20(19-4-6-22(7-5-19)36-25(26,27)28)14-32(15-21)24(33)31-10-8-18(13-29)9-11-31/h4-7,18,20-21H,1,8-12,14-16H2,2-3H3. The van der Waals surface area contributed by atoms with Gasteiger partial charge in [-0.2, -0.15) is 5.26 Å². The number of aliphatic imine (C=N–C) groups is 1. The fraction of sp³-hybridized carbons (Fsp3) is 0.560. The summed E-state index contributed by atoms with van der Waals surface area (Å²) in [4.78, 5) is 21.4. The SMILES string of the molecule is C=C(COC)N=C(OC)C1CC(c2ccc(OC(F)(F)F)cc2)CN(C(=O)N2CCC(C#N)CC2)C1. The van der Waals surface area contributed by atoms with Crippen LogP contribution in [0.25, 0.3) is 0 Å². The summed E-state index contributed by atoms with van der Waals surface area (Å²) in [5.41, 5.74) is 1.25. The van der Waals surface area contributed by atoms with Gasteiger partial charge < -0.3 is 24.0 Å². The Balaban J connectivity index is 1.83. The van der Waals surface area contributed by atoms with E-state index in [2.05, 4.69) is 22.4 Å². The maximum atomic E-state index is 13.4. The summed E-state index contributed by atoms with van der Waals surface area (Å²) in [5.74, 6) is -0.358. The molecule has 2 unspecified atom stereocenters. The van der Waals surface area contributed by atoms with Gasteiger partial charge in [0.15, 0.2) is 5.90 Å². The smallest absolute Gasteiger partial charge is 0.484 e. The fourth-order valence-electron chi connectivity index (χ4n) is 4.68. The van der Waals surface area contributed by atoms with E-state index in [1.54, 1.807) is 21.9 Å². The van der Waals surface area contributed by atoms with E-state index in [1.807, 2.05) is 0 Å². The van der Waals surface area contributed by atoms with Crippen LogP contribution in [0.3, 0.4) is 0 Å². The van der Waals surface area contributed by atoms with E-state index in [0.29, 0.717) is 57.0 Å². The van der Waals surface area contributed by atoms with E-state index in [-0.39, 0.29) is 36.1 Å². The molecular weight excluding hydrogens is 477 g/mol. The maximum Gasteiger partial charge on any atom is 0.573 e. The van der Waals surface area contributed by atoms with Gasteiger partial charge in [-0.15, -0.1) is 13.2 Å². The average molecular weight is 509 g/mol. The molecule has 0 aromatic heterocycles. The molecule has 11 heteroatoms. The number of hydrogen-bond donors (Lipinski definition) is 0. The van der Waals surface area contributed by atoms with Crippen LogP contribution in [0, 0.1) is 23.2 Å². The zero-order valence-corrected chi connectivity index (χ0v) is 20.5. The van der Waals surface area contributed by atoms with Crippen molar-refractivity contribution in [1.29, 1.82) is 5.26 Å². The number of halogens is 3. The molecule has 196 valence electrons. The van der Waals surface area contributed by atoms with Crippen LogP contribution in [0.15, 0.2) is 41.5 Å². The largest absolute Gasteiger partial charge is 0.573 e. The second-order valence-electron chi connectivity index (χ2n) is 8.98. The number of ether oxygens (including phenoxy) is 3. The highest BCUT2D eigenvalue weighted by Gasteiger charge is 2.37. The molecule has 2 atom stereocenters. The van der Waals surface area contributed by atoms with Crippen LogP contribution in [-0.2, 0) is 9.47 Å². The predicted octanol–water partition coefficient (Wildman–Crippen LogP) is 4.55. The average Bonchev–Trinajstić information content (AvgIpc) is 2.86. The molecule has 3 rings (SSSR count). The minimum Gasteiger partial charge on any atom is -0.484 e. The van der Waals surface area contributed by atoms with Crippen molar-refractivity contribution in [2.24, 2.45) is 16.8 Å². The van der Waals surface area contributed by atoms with Crippen molar-refractivity contribution in [2.75, 3.05) is 47.0 Å². The summed E-state index contributed by atoms with van der Waals surface area (Å²) in [5, 5.41) is 9.16. The summed E-state index contributed by atoms with van der Waals surface area (Å²) in [6.45, 7) is 5.86. The lowest BCUT2D eigenvalue weighted by Gasteiger charge is -2.41. The van der Waals surface area contributed by atoms with Crippen LogP contribution >= 0.6 is 0 Å². The van der Waals surface area contributed by atoms with Gasteiger partial charge in [0.2, 0.25) is 0 Å². The van der Waals surface area contributed by atoms with Gasteiger partial charge in [0, 0.05) is 45.1 Å². The molecule has 0 spiro atoms. The summed E-state index contributed by atoms with van der Waals surface area (Å²) < 4.78 is 52.3. The Morgan fingerprint density at radius 1 is 1.17 bits per heavy atom. The number of rotatable bonds is 6. The van der Waals surface area contributed by atoms with Crippen LogP contribution in [0.5, 0.6) is 5.75 Å². The third-order valence-corrected chi connectivity index (χ3v) is 6.39. The lowest BCUT2D eigenvalue weighted by Crippen LogP contribution is -2.52. The van der Waals surface area contributed by atoms with E-state index in [4.69, 9.17) is 14.7 Å². The van der Waals surface area contributed by atoms with Gasteiger partial charge in [-0.3, -0.25) is 0 Å². The molecular formula is C25H31F3N4O4. The molecule has 0 radical (unpaired) electrons. The first-order valence-electron chi connectivity index (χ1n) is 11.7. The molecule has 2 aliphatic heterocycles. The first-order chi connectivity index (χ1) is 17.1. The molecule has 0 saturated carbocycles. The van der Waals surface area contributed by atoms with Crippen molar-refractivity contribution in [1.82, 2.24) is 9.80 Å². The molecule has 0 bridgehead atoms. The van der Waals surface area contributed by atoms with Gasteiger partial charge in [0.25, 0.3) is 0 Å². The Morgan fingerprint density at radius 2 is 1.83 bits per heavy atom. The Labute approximate surface area is 208 Å². The number of carbonyl (C=O) groups is 1. The van der Waals surface area contributed by atoms with Crippen molar-refractivity contribution in [3.63, 3.8) is 0 Å². The normalized spacial score (nSPS) is 21.6. The predicted molar refractivity (Wildman–Crippen MR) is 126 cm³/mol. The first-order valence-corrected chi connectivity index (χ1v) is 11.7. The van der Waals surface area contributed by atoms with E-state index in [0.717, 1.165) is 5.56 Å². The molecule has 2 amide bonds. The summed E-state index contributed by atoms with van der Waals surface area (Å²) >= 11 is 0. The number of benzene rings is 1. The number of carbonyl (C=O) groups excluding carboxylic acids is 1. The lowest BCUT2D eigenvalue weighted by molar-refractivity contribution is -0.274. The highest BCUT2D eigenvalue weighted by atomic mass is 19.4. The lowest BCUT2D eigenvalue weighted by atomic mass is 9.84. The third-order valence-electron chi connectivity index (χ3n) is 6.39. The number of nitrogens with zero attached hydrogens (tertiary/aromatic N) is 4. The zero-order valence-electron chi connectivity index (χ0n) is 20.5. The number of likely N-dealkylation sites (tertiary alicyclic amines) is 2. The molecule has 2 fully saturated rings. The molecule has 0 aliphatic carbocycles. The maximum absolute atomic E-state index is 13.4. The van der Waals surface area contributed by atoms with Crippen LogP contribution in [0.2, 0.25) is 0 Å². The second-order valence-corrected chi connectivity index (χ2v) is 8.98. The number of alkyl halides is 3. The number of piperidine rings is 2. The van der Waals surface area contributed by atoms with Gasteiger partial charge in [0.05, 0.1) is 31.4 Å². The van der Waals surface area contributed by atoms with Crippen molar-refractivity contribution in [2.45, 2.75) is 31.5 Å². The van der Waals surface area contributed by atoms with E-state index in [9.17, 15) is 18.0 Å².